The normalized spacial score (nSPS) is 16.1. The minimum Gasteiger partial charge on any atom is -0.747 e. The molecule has 0 fully saturated rings. The highest BCUT2D eigenvalue weighted by atomic mass is 32.2. The van der Waals surface area contributed by atoms with E-state index in [-0.39, 0.29) is 18.0 Å². The summed E-state index contributed by atoms with van der Waals surface area (Å²) < 4.78 is 38.9. The van der Waals surface area contributed by atoms with Gasteiger partial charge in [0.05, 0.1) is 4.75 Å². The second-order valence-electron chi connectivity index (χ2n) is 11.0. The highest BCUT2D eigenvalue weighted by Gasteiger charge is 2.43. The van der Waals surface area contributed by atoms with Crippen molar-refractivity contribution >= 4 is 10.1 Å². The number of benzene rings is 1. The molecule has 0 spiro atoms. The lowest BCUT2D eigenvalue weighted by molar-refractivity contribution is 0.269. The molecule has 0 amide bonds. The molecule has 0 aromatic heterocycles. The number of hydrogen-bond donors (Lipinski definition) is 1. The predicted molar refractivity (Wildman–Crippen MR) is 157 cm³/mol. The molecule has 36 heavy (non-hydrogen) atoms. The largest absolute Gasteiger partial charge is 0.747 e. The Labute approximate surface area is 224 Å². The number of hydrogen-bond acceptors (Lipinski definition) is 3. The summed E-state index contributed by atoms with van der Waals surface area (Å²) in [5.74, 6) is 1.02. The molecule has 4 N–H and O–H groups in total. The number of quaternary nitrogens is 1. The Balaban J connectivity index is 0.0000122. The molecule has 0 aliphatic heterocycles. The second kappa shape index (κ2) is 18.4. The first-order valence-electron chi connectivity index (χ1n) is 14.8. The lowest BCUT2D eigenvalue weighted by Gasteiger charge is -2.43. The average Bonchev–Trinajstić information content (AvgIpc) is 2.85. The van der Waals surface area contributed by atoms with E-state index in [4.69, 9.17) is 0 Å². The van der Waals surface area contributed by atoms with Gasteiger partial charge in [-0.2, -0.15) is 0 Å². The molecule has 0 aliphatic carbocycles. The van der Waals surface area contributed by atoms with E-state index in [1.54, 1.807) is 0 Å². The van der Waals surface area contributed by atoms with Crippen LogP contribution in [0.4, 0.5) is 0 Å². The summed E-state index contributed by atoms with van der Waals surface area (Å²) in [6.45, 7) is 13.1. The molecule has 5 heteroatoms. The maximum Gasteiger partial charge on any atom is 0.105 e. The van der Waals surface area contributed by atoms with E-state index in [0.717, 1.165) is 81.8 Å². The molecule has 0 saturated heterocycles. The van der Waals surface area contributed by atoms with E-state index in [2.05, 4.69) is 47.6 Å². The molecular formula is C31H59NO3S. The fourth-order valence-corrected chi connectivity index (χ4v) is 7.21. The van der Waals surface area contributed by atoms with Gasteiger partial charge in [0.1, 0.15) is 10.1 Å². The van der Waals surface area contributed by atoms with Gasteiger partial charge in [0.15, 0.2) is 0 Å². The summed E-state index contributed by atoms with van der Waals surface area (Å²) >= 11 is 0. The van der Waals surface area contributed by atoms with Crippen molar-refractivity contribution in [3.63, 3.8) is 0 Å². The first-order chi connectivity index (χ1) is 16.7. The summed E-state index contributed by atoms with van der Waals surface area (Å²) in [6.07, 6.45) is 14.5. The molecule has 212 valence electrons. The quantitative estimate of drug-likeness (QED) is 0.172. The van der Waals surface area contributed by atoms with E-state index < -0.39 is 14.9 Å². The highest BCUT2D eigenvalue weighted by molar-refractivity contribution is 7.86. The van der Waals surface area contributed by atoms with Gasteiger partial charge in [-0.1, -0.05) is 143 Å². The van der Waals surface area contributed by atoms with Crippen LogP contribution in [0.25, 0.3) is 0 Å². The average molecular weight is 526 g/mol. The Kier molecular flexibility index (Phi) is 17.9. The minimum absolute atomic E-state index is 0. The molecule has 0 radical (unpaired) electrons. The van der Waals surface area contributed by atoms with Crippen molar-refractivity contribution in [2.24, 2.45) is 17.8 Å². The molecule has 0 bridgehead atoms. The smallest absolute Gasteiger partial charge is 0.105 e. The first-order valence-corrected chi connectivity index (χ1v) is 16.2. The van der Waals surface area contributed by atoms with E-state index in [9.17, 15) is 13.0 Å². The van der Waals surface area contributed by atoms with Crippen molar-refractivity contribution in [1.29, 1.82) is 0 Å². The van der Waals surface area contributed by atoms with Gasteiger partial charge in [0.25, 0.3) is 0 Å². The maximum atomic E-state index is 13.4. The summed E-state index contributed by atoms with van der Waals surface area (Å²) in [7, 11) is -4.57. The summed E-state index contributed by atoms with van der Waals surface area (Å²) in [6, 6.07) is 8.06. The van der Waals surface area contributed by atoms with Crippen LogP contribution in [0.3, 0.4) is 0 Å². The van der Waals surface area contributed by atoms with Crippen LogP contribution in [0.1, 0.15) is 143 Å². The fourth-order valence-electron chi connectivity index (χ4n) is 5.86. The van der Waals surface area contributed by atoms with Crippen LogP contribution in [0, 0.1) is 17.8 Å². The van der Waals surface area contributed by atoms with Gasteiger partial charge in [-0.15, -0.1) is 0 Å². The third-order valence-electron chi connectivity index (χ3n) is 8.36. The lowest BCUT2D eigenvalue weighted by atomic mass is 9.75. The summed E-state index contributed by atoms with van der Waals surface area (Å²) in [5.41, 5.74) is 1.90. The van der Waals surface area contributed by atoms with Crippen LogP contribution in [-0.2, 0) is 21.3 Å². The second-order valence-corrected chi connectivity index (χ2v) is 12.7. The van der Waals surface area contributed by atoms with Gasteiger partial charge in [0, 0.05) is 0 Å². The molecular weight excluding hydrogens is 466 g/mol. The minimum atomic E-state index is -4.57. The molecule has 0 aliphatic rings. The van der Waals surface area contributed by atoms with Gasteiger partial charge in [-0.05, 0) is 48.1 Å². The van der Waals surface area contributed by atoms with Crippen molar-refractivity contribution in [2.75, 3.05) is 0 Å². The van der Waals surface area contributed by atoms with Crippen molar-refractivity contribution < 1.29 is 13.0 Å². The molecule has 3 unspecified atom stereocenters. The SMILES string of the molecule is CCCCC(CC)Cc1ccccc1C(CC(CC)CCCC)(CC(CC)CCCC)S(=O)(=O)[O-].[NH4+]. The standard InChI is InChI=1S/C31H56O3S.H3N/c1-7-13-18-26(10-4)23-29-21-16-17-22-30(29)31(35(32,33)34,24-27(11-5)19-14-8-2)25-28(12-6)20-15-9-3;/h16-17,21-22,26-28H,7-15,18-20,23-25H2,1-6H3,(H,32,33,34);1H3. The molecule has 1 rings (SSSR count). The van der Waals surface area contributed by atoms with E-state index in [1.165, 1.54) is 12.8 Å². The van der Waals surface area contributed by atoms with Crippen LogP contribution in [-0.4, -0.2) is 13.0 Å². The number of unbranched alkanes of at least 4 members (excludes halogenated alkanes) is 3. The van der Waals surface area contributed by atoms with Crippen molar-refractivity contribution in [1.82, 2.24) is 6.15 Å². The van der Waals surface area contributed by atoms with Crippen molar-refractivity contribution in [2.45, 2.75) is 143 Å². The van der Waals surface area contributed by atoms with Gasteiger partial charge in [0.2, 0.25) is 0 Å². The van der Waals surface area contributed by atoms with Crippen LogP contribution >= 0.6 is 0 Å². The van der Waals surface area contributed by atoms with Crippen LogP contribution in [0.2, 0.25) is 0 Å². The van der Waals surface area contributed by atoms with Gasteiger partial charge < -0.3 is 10.7 Å². The topological polar surface area (TPSA) is 93.7 Å². The Morgan fingerprint density at radius 1 is 0.722 bits per heavy atom. The van der Waals surface area contributed by atoms with Gasteiger partial charge in [-0.25, -0.2) is 8.42 Å². The van der Waals surface area contributed by atoms with Crippen LogP contribution in [0.15, 0.2) is 24.3 Å². The number of rotatable bonds is 20. The lowest BCUT2D eigenvalue weighted by Crippen LogP contribution is -2.41. The predicted octanol–water partition coefficient (Wildman–Crippen LogP) is 9.78. The third-order valence-corrected chi connectivity index (χ3v) is 9.87. The summed E-state index contributed by atoms with van der Waals surface area (Å²) in [4.78, 5) is 0. The van der Waals surface area contributed by atoms with Crippen molar-refractivity contribution in [3.8, 4) is 0 Å². The van der Waals surface area contributed by atoms with Crippen LogP contribution < -0.4 is 6.15 Å². The van der Waals surface area contributed by atoms with E-state index >= 15 is 0 Å². The van der Waals surface area contributed by atoms with Gasteiger partial charge in [-0.3, -0.25) is 0 Å². The van der Waals surface area contributed by atoms with E-state index in [1.807, 2.05) is 18.2 Å². The summed E-state index contributed by atoms with van der Waals surface area (Å²) in [5, 5.41) is 0. The maximum absolute atomic E-state index is 13.4. The third kappa shape index (κ3) is 10.5. The Bertz CT molecular complexity index is 775. The Morgan fingerprint density at radius 2 is 1.14 bits per heavy atom. The van der Waals surface area contributed by atoms with Gasteiger partial charge >= 0.3 is 0 Å². The zero-order valence-electron chi connectivity index (χ0n) is 24.8. The molecule has 1 aromatic rings. The molecule has 0 saturated carbocycles. The van der Waals surface area contributed by atoms with E-state index in [0.29, 0.717) is 18.8 Å². The monoisotopic (exact) mass is 525 g/mol. The molecule has 0 heterocycles. The highest BCUT2D eigenvalue weighted by Crippen LogP contribution is 2.46. The van der Waals surface area contributed by atoms with Crippen molar-refractivity contribution in [3.05, 3.63) is 35.4 Å². The Morgan fingerprint density at radius 3 is 1.53 bits per heavy atom. The molecule has 4 nitrogen and oxygen atoms in total. The molecule has 3 atom stereocenters. The zero-order chi connectivity index (χ0) is 26.3. The Hall–Kier alpha value is -0.910. The first kappa shape index (κ1) is 35.1. The zero-order valence-corrected chi connectivity index (χ0v) is 25.6. The van der Waals surface area contributed by atoms with Crippen LogP contribution in [0.5, 0.6) is 0 Å². The molecule has 1 aromatic carbocycles. The fraction of sp³-hybridized carbons (Fsp3) is 0.806.